The first kappa shape index (κ1) is 14.5. The number of carbonyl (C=O) groups is 1. The summed E-state index contributed by atoms with van der Waals surface area (Å²) in [5, 5.41) is 0. The van der Waals surface area contributed by atoms with Crippen molar-refractivity contribution in [3.63, 3.8) is 0 Å². The van der Waals surface area contributed by atoms with Crippen LogP contribution in [0.25, 0.3) is 0 Å². The molecule has 0 radical (unpaired) electrons. The van der Waals surface area contributed by atoms with Gasteiger partial charge in [-0.1, -0.05) is 12.1 Å². The molecule has 0 unspecified atom stereocenters. The molecular formula is C14H22N2O2. The van der Waals surface area contributed by atoms with E-state index in [9.17, 15) is 4.79 Å². The lowest BCUT2D eigenvalue weighted by Gasteiger charge is -2.27. The molecule has 0 heterocycles. The first-order chi connectivity index (χ1) is 8.54. The maximum atomic E-state index is 12.0. The monoisotopic (exact) mass is 250 g/mol. The molecule has 0 aromatic heterocycles. The summed E-state index contributed by atoms with van der Waals surface area (Å²) in [5.41, 5.74) is 7.47. The highest BCUT2D eigenvalue weighted by Crippen LogP contribution is 2.12. The van der Waals surface area contributed by atoms with Crippen LogP contribution in [-0.2, 0) is 16.1 Å². The summed E-state index contributed by atoms with van der Waals surface area (Å²) in [7, 11) is 1.60. The van der Waals surface area contributed by atoms with Crippen LogP contribution < -0.4 is 5.73 Å². The third kappa shape index (κ3) is 4.37. The van der Waals surface area contributed by atoms with E-state index < -0.39 is 0 Å². The number of ether oxygens (including phenoxy) is 1. The van der Waals surface area contributed by atoms with Crippen molar-refractivity contribution in [1.82, 2.24) is 4.90 Å². The highest BCUT2D eigenvalue weighted by atomic mass is 16.5. The van der Waals surface area contributed by atoms with Crippen LogP contribution in [-0.4, -0.2) is 30.6 Å². The van der Waals surface area contributed by atoms with Gasteiger partial charge >= 0.3 is 0 Å². The van der Waals surface area contributed by atoms with Gasteiger partial charge in [-0.25, -0.2) is 0 Å². The number of nitrogens with zero attached hydrogens (tertiary/aromatic N) is 1. The lowest BCUT2D eigenvalue weighted by atomic mass is 10.1. The van der Waals surface area contributed by atoms with Gasteiger partial charge in [0.15, 0.2) is 0 Å². The van der Waals surface area contributed by atoms with Crippen molar-refractivity contribution in [3.05, 3.63) is 29.8 Å². The van der Waals surface area contributed by atoms with Crippen LogP contribution in [0.5, 0.6) is 0 Å². The molecule has 4 heteroatoms. The van der Waals surface area contributed by atoms with E-state index >= 15 is 0 Å². The molecule has 18 heavy (non-hydrogen) atoms. The van der Waals surface area contributed by atoms with Crippen LogP contribution in [0.4, 0.5) is 5.69 Å². The van der Waals surface area contributed by atoms with E-state index in [1.807, 2.05) is 43.0 Å². The second-order valence-electron chi connectivity index (χ2n) is 4.60. The number of amides is 1. The van der Waals surface area contributed by atoms with Crippen molar-refractivity contribution < 1.29 is 9.53 Å². The number of nitrogen functional groups attached to an aromatic ring is 1. The third-order valence-corrected chi connectivity index (χ3v) is 2.80. The Bertz CT molecular complexity index is 374. The maximum Gasteiger partial charge on any atom is 0.225 e. The Morgan fingerprint density at radius 2 is 1.94 bits per heavy atom. The van der Waals surface area contributed by atoms with Crippen LogP contribution in [0.3, 0.4) is 0 Å². The normalized spacial score (nSPS) is 10.7. The summed E-state index contributed by atoms with van der Waals surface area (Å²) in [6.45, 7) is 5.11. The molecule has 0 spiro atoms. The molecule has 0 aliphatic carbocycles. The first-order valence-corrected chi connectivity index (χ1v) is 6.17. The SMILES string of the molecule is COCCC(=O)N(Cc1ccc(N)cc1)C(C)C. The first-order valence-electron chi connectivity index (χ1n) is 6.17. The van der Waals surface area contributed by atoms with E-state index in [1.54, 1.807) is 7.11 Å². The smallest absolute Gasteiger partial charge is 0.225 e. The molecular weight excluding hydrogens is 228 g/mol. The van der Waals surface area contributed by atoms with Gasteiger partial charge in [0.1, 0.15) is 0 Å². The Hall–Kier alpha value is -1.55. The molecule has 1 aromatic carbocycles. The molecule has 0 atom stereocenters. The number of hydrogen-bond donors (Lipinski definition) is 1. The Kier molecular flexibility index (Phi) is 5.65. The fourth-order valence-corrected chi connectivity index (χ4v) is 1.71. The van der Waals surface area contributed by atoms with Crippen LogP contribution >= 0.6 is 0 Å². The molecule has 0 bridgehead atoms. The Morgan fingerprint density at radius 1 is 1.33 bits per heavy atom. The fraction of sp³-hybridized carbons (Fsp3) is 0.500. The Morgan fingerprint density at radius 3 is 2.44 bits per heavy atom. The van der Waals surface area contributed by atoms with E-state index in [4.69, 9.17) is 10.5 Å². The summed E-state index contributed by atoms with van der Waals surface area (Å²) in [6, 6.07) is 7.79. The largest absolute Gasteiger partial charge is 0.399 e. The van der Waals surface area contributed by atoms with Crippen molar-refractivity contribution in [1.29, 1.82) is 0 Å². The number of benzene rings is 1. The zero-order valence-corrected chi connectivity index (χ0v) is 11.3. The number of nitrogens with two attached hydrogens (primary N) is 1. The number of rotatable bonds is 6. The molecule has 1 aromatic rings. The van der Waals surface area contributed by atoms with Crippen LogP contribution in [0.2, 0.25) is 0 Å². The molecule has 0 fully saturated rings. The number of carbonyl (C=O) groups excluding carboxylic acids is 1. The minimum absolute atomic E-state index is 0.115. The van der Waals surface area contributed by atoms with E-state index in [0.717, 1.165) is 11.3 Å². The predicted octanol–water partition coefficient (Wildman–Crippen LogP) is 2.04. The average Bonchev–Trinajstić information content (AvgIpc) is 2.34. The van der Waals surface area contributed by atoms with Gasteiger partial charge in [-0.15, -0.1) is 0 Å². The van der Waals surface area contributed by atoms with Crippen molar-refractivity contribution in [2.75, 3.05) is 19.5 Å². The van der Waals surface area contributed by atoms with Crippen molar-refractivity contribution in [2.45, 2.75) is 32.9 Å². The lowest BCUT2D eigenvalue weighted by Crippen LogP contribution is -2.36. The van der Waals surface area contributed by atoms with Crippen LogP contribution in [0.1, 0.15) is 25.8 Å². The van der Waals surface area contributed by atoms with E-state index in [1.165, 1.54) is 0 Å². The standard InChI is InChI=1S/C14H22N2O2/c1-11(2)16(14(17)8-9-18-3)10-12-4-6-13(15)7-5-12/h4-7,11H,8-10,15H2,1-3H3. The number of anilines is 1. The quantitative estimate of drug-likeness (QED) is 0.786. The lowest BCUT2D eigenvalue weighted by molar-refractivity contribution is -0.134. The summed E-state index contributed by atoms with van der Waals surface area (Å²) in [5.74, 6) is 0.115. The van der Waals surface area contributed by atoms with Gasteiger partial charge in [0, 0.05) is 25.4 Å². The van der Waals surface area contributed by atoms with Crippen LogP contribution in [0, 0.1) is 0 Å². The highest BCUT2D eigenvalue weighted by molar-refractivity contribution is 5.76. The molecule has 1 rings (SSSR count). The minimum atomic E-state index is 0.115. The zero-order chi connectivity index (χ0) is 13.5. The molecule has 0 aliphatic heterocycles. The second-order valence-corrected chi connectivity index (χ2v) is 4.60. The van der Waals surface area contributed by atoms with Gasteiger partial charge in [-0.05, 0) is 31.5 Å². The van der Waals surface area contributed by atoms with Gasteiger partial charge in [-0.2, -0.15) is 0 Å². The van der Waals surface area contributed by atoms with Crippen molar-refractivity contribution in [2.24, 2.45) is 0 Å². The van der Waals surface area contributed by atoms with Crippen molar-refractivity contribution in [3.8, 4) is 0 Å². The van der Waals surface area contributed by atoms with Gasteiger partial charge in [0.05, 0.1) is 13.0 Å². The van der Waals surface area contributed by atoms with Crippen molar-refractivity contribution >= 4 is 11.6 Å². The number of methoxy groups -OCH3 is 1. The summed E-state index contributed by atoms with van der Waals surface area (Å²) >= 11 is 0. The maximum absolute atomic E-state index is 12.0. The van der Waals surface area contributed by atoms with E-state index in [2.05, 4.69) is 0 Å². The summed E-state index contributed by atoms with van der Waals surface area (Å²) in [4.78, 5) is 13.9. The summed E-state index contributed by atoms with van der Waals surface area (Å²) < 4.78 is 4.94. The van der Waals surface area contributed by atoms with E-state index in [0.29, 0.717) is 19.6 Å². The molecule has 0 aliphatic rings. The minimum Gasteiger partial charge on any atom is -0.399 e. The van der Waals surface area contributed by atoms with Gasteiger partial charge in [0.25, 0.3) is 0 Å². The highest BCUT2D eigenvalue weighted by Gasteiger charge is 2.16. The zero-order valence-electron chi connectivity index (χ0n) is 11.3. The summed E-state index contributed by atoms with van der Waals surface area (Å²) in [6.07, 6.45) is 0.420. The van der Waals surface area contributed by atoms with E-state index in [-0.39, 0.29) is 11.9 Å². The Balaban J connectivity index is 2.68. The average molecular weight is 250 g/mol. The molecule has 0 saturated carbocycles. The van der Waals surface area contributed by atoms with Gasteiger partial charge in [0.2, 0.25) is 5.91 Å². The molecule has 100 valence electrons. The van der Waals surface area contributed by atoms with Crippen LogP contribution in [0.15, 0.2) is 24.3 Å². The Labute approximate surface area is 109 Å². The number of hydrogen-bond acceptors (Lipinski definition) is 3. The molecule has 2 N–H and O–H groups in total. The molecule has 4 nitrogen and oxygen atoms in total. The van der Waals surface area contributed by atoms with Gasteiger partial charge in [-0.3, -0.25) is 4.79 Å². The van der Waals surface area contributed by atoms with Gasteiger partial charge < -0.3 is 15.4 Å². The molecule has 1 amide bonds. The topological polar surface area (TPSA) is 55.6 Å². The fourth-order valence-electron chi connectivity index (χ4n) is 1.71. The molecule has 0 saturated heterocycles. The second kappa shape index (κ2) is 7.01. The third-order valence-electron chi connectivity index (χ3n) is 2.80. The predicted molar refractivity (Wildman–Crippen MR) is 73.0 cm³/mol.